The molecular weight excluding hydrogens is 714 g/mol. The maximum atomic E-state index is 13.0. The first-order valence-corrected chi connectivity index (χ1v) is 16.4. The van der Waals surface area contributed by atoms with E-state index < -0.39 is 23.9 Å². The number of ether oxygens (including phenoxy) is 2. The summed E-state index contributed by atoms with van der Waals surface area (Å²) in [6, 6.07) is 11.1. The molecule has 0 bridgehead atoms. The van der Waals surface area contributed by atoms with Gasteiger partial charge in [0.1, 0.15) is 11.4 Å². The molecule has 1 heterocycles. The van der Waals surface area contributed by atoms with Crippen LogP contribution in [0.4, 0.5) is 32.0 Å². The minimum atomic E-state index is -5.77. The van der Waals surface area contributed by atoms with Crippen molar-refractivity contribution in [1.29, 1.82) is 0 Å². The summed E-state index contributed by atoms with van der Waals surface area (Å²) in [5.41, 5.74) is 2.34. The Balaban J connectivity index is 0.000000641. The number of Topliss-reactive ketones (excluding diaryl/α,β-unsaturated/α-hetero) is 2. The summed E-state index contributed by atoms with van der Waals surface area (Å²) in [5.74, 6) is -6.50. The summed E-state index contributed by atoms with van der Waals surface area (Å²) in [6.45, 7) is 10.4. The molecule has 0 fully saturated rings. The highest BCUT2D eigenvalue weighted by molar-refractivity contribution is 6.41. The molecule has 18 heteroatoms. The van der Waals surface area contributed by atoms with Crippen LogP contribution in [0.25, 0.3) is 0 Å². The van der Waals surface area contributed by atoms with Crippen molar-refractivity contribution in [3.05, 3.63) is 52.5 Å². The second-order valence-corrected chi connectivity index (χ2v) is 11.5. The molecule has 0 atom stereocenters. The number of halogens is 7. The van der Waals surface area contributed by atoms with Gasteiger partial charge in [0.2, 0.25) is 5.91 Å². The van der Waals surface area contributed by atoms with Crippen LogP contribution in [-0.2, 0) is 36.8 Å². The normalized spacial score (nSPS) is 12.7. The van der Waals surface area contributed by atoms with Crippen molar-refractivity contribution in [1.82, 2.24) is 15.1 Å². The van der Waals surface area contributed by atoms with Crippen LogP contribution in [-0.4, -0.2) is 116 Å². The van der Waals surface area contributed by atoms with Crippen LogP contribution in [0, 0.1) is 0 Å². The van der Waals surface area contributed by atoms with E-state index in [2.05, 4.69) is 29.4 Å². The Morgan fingerprint density at radius 1 is 0.941 bits per heavy atom. The van der Waals surface area contributed by atoms with Gasteiger partial charge in [-0.25, -0.2) is 0 Å². The zero-order chi connectivity index (χ0) is 38.2. The second-order valence-electron chi connectivity index (χ2n) is 11.1. The van der Waals surface area contributed by atoms with Crippen LogP contribution in [0.1, 0.15) is 31.4 Å². The number of hydrogen-bond donors (Lipinski definition) is 3. The van der Waals surface area contributed by atoms with Gasteiger partial charge in [0.15, 0.2) is 12.4 Å². The lowest BCUT2D eigenvalue weighted by Gasteiger charge is -2.27. The minimum Gasteiger partial charge on any atom is -0.506 e. The molecule has 1 aliphatic heterocycles. The molecule has 0 aliphatic carbocycles. The van der Waals surface area contributed by atoms with E-state index in [1.54, 1.807) is 12.1 Å². The average Bonchev–Trinajstić information content (AvgIpc) is 3.07. The molecule has 0 aromatic heterocycles. The molecule has 3 rings (SSSR count). The number of phenolic OH excluding ortho intramolecular Hbond substituents is 1. The molecule has 1 aliphatic rings. The van der Waals surface area contributed by atoms with E-state index >= 15 is 0 Å². The number of aromatic hydroxyl groups is 1. The van der Waals surface area contributed by atoms with Gasteiger partial charge >= 0.3 is 23.9 Å². The van der Waals surface area contributed by atoms with Gasteiger partial charge in [-0.05, 0) is 61.8 Å². The fourth-order valence-corrected chi connectivity index (χ4v) is 4.91. The van der Waals surface area contributed by atoms with E-state index in [9.17, 15) is 50.6 Å². The molecule has 0 saturated carbocycles. The molecule has 2 aromatic rings. The van der Waals surface area contributed by atoms with Gasteiger partial charge in [0.05, 0.1) is 19.6 Å². The average molecular weight is 755 g/mol. The maximum absolute atomic E-state index is 13.0. The van der Waals surface area contributed by atoms with Crippen molar-refractivity contribution in [3.63, 3.8) is 0 Å². The first-order valence-electron chi connectivity index (χ1n) is 16.0. The Morgan fingerprint density at radius 2 is 1.61 bits per heavy atom. The molecule has 2 amide bonds. The third-order valence-corrected chi connectivity index (χ3v) is 7.73. The van der Waals surface area contributed by atoms with Crippen molar-refractivity contribution in [2.24, 2.45) is 0 Å². The summed E-state index contributed by atoms with van der Waals surface area (Å²) in [4.78, 5) is 48.1. The molecule has 11 nitrogen and oxygen atoms in total. The lowest BCUT2D eigenvalue weighted by molar-refractivity contribution is -0.193. The summed E-state index contributed by atoms with van der Waals surface area (Å²) in [7, 11) is 0. The molecule has 0 radical (unpaired) electrons. The molecule has 0 spiro atoms. The molecule has 3 N–H and O–H groups in total. The third-order valence-electron chi connectivity index (χ3n) is 7.50. The summed E-state index contributed by atoms with van der Waals surface area (Å²) >= 11 is 6.04. The highest BCUT2D eigenvalue weighted by Crippen LogP contribution is 2.39. The number of carbonyl (C=O) groups is 4. The number of alkyl halides is 6. The number of rotatable bonds is 18. The van der Waals surface area contributed by atoms with Crippen molar-refractivity contribution < 1.29 is 60.1 Å². The van der Waals surface area contributed by atoms with Gasteiger partial charge in [-0.3, -0.25) is 19.2 Å². The Morgan fingerprint density at radius 3 is 2.22 bits per heavy atom. The largest absolute Gasteiger partial charge is 0.506 e. The molecule has 0 saturated heterocycles. The predicted octanol–water partition coefficient (Wildman–Crippen LogP) is 4.58. The number of phenols is 1. The summed E-state index contributed by atoms with van der Waals surface area (Å²) in [5, 5.41) is 16.8. The van der Waals surface area contributed by atoms with Crippen molar-refractivity contribution in [2.75, 3.05) is 71.0 Å². The zero-order valence-corrected chi connectivity index (χ0v) is 28.8. The fraction of sp³-hybridized carbons (Fsp3) is 0.515. The van der Waals surface area contributed by atoms with E-state index in [0.29, 0.717) is 68.7 Å². The molecule has 0 unspecified atom stereocenters. The van der Waals surface area contributed by atoms with Crippen molar-refractivity contribution in [3.8, 4) is 11.5 Å². The van der Waals surface area contributed by atoms with E-state index in [-0.39, 0.29) is 24.2 Å². The maximum Gasteiger partial charge on any atom is 0.458 e. The van der Waals surface area contributed by atoms with Gasteiger partial charge in [-0.1, -0.05) is 43.6 Å². The van der Waals surface area contributed by atoms with Gasteiger partial charge in [0, 0.05) is 31.2 Å². The predicted molar refractivity (Wildman–Crippen MR) is 176 cm³/mol. The topological polar surface area (TPSA) is 138 Å². The first kappa shape index (κ1) is 43.2. The van der Waals surface area contributed by atoms with Crippen LogP contribution in [0.3, 0.4) is 0 Å². The van der Waals surface area contributed by atoms with E-state index in [1.807, 2.05) is 29.2 Å². The number of fused-ring (bicyclic) bond motifs is 1. The fourth-order valence-electron chi connectivity index (χ4n) is 4.70. The highest BCUT2D eigenvalue weighted by atomic mass is 35.5. The summed E-state index contributed by atoms with van der Waals surface area (Å²) in [6.07, 6.45) is -9.78. The Hall–Kier alpha value is -3.93. The third kappa shape index (κ3) is 15.1. The zero-order valence-electron chi connectivity index (χ0n) is 28.1. The standard InChI is InChI=1S/C29H41ClN4O5.C4F6O2/c1-3-33(4-2)16-17-34(27(37)12-19-38-18-11-22-6-5-7-24(30)20-22)15-14-31-13-10-23-8-9-25(35)28-29(23)39-21-26(36)32-28;5-3(6,7)1(11)2(12)4(8,9)10/h5-9,20,31,35H,3-4,10-19,21H2,1-2H3,(H,32,36);. The Labute approximate surface area is 296 Å². The first-order chi connectivity index (χ1) is 24.0. The van der Waals surface area contributed by atoms with Crippen LogP contribution >= 0.6 is 11.6 Å². The lowest BCUT2D eigenvalue weighted by Crippen LogP contribution is -2.42. The lowest BCUT2D eigenvalue weighted by atomic mass is 10.1. The monoisotopic (exact) mass is 754 g/mol. The smallest absolute Gasteiger partial charge is 0.458 e. The molecular formula is C33H41ClF6N4O7. The molecule has 2 aromatic carbocycles. The van der Waals surface area contributed by atoms with Gasteiger partial charge in [-0.15, -0.1) is 0 Å². The second kappa shape index (κ2) is 20.8. The van der Waals surface area contributed by atoms with Gasteiger partial charge in [-0.2, -0.15) is 26.3 Å². The Bertz CT molecular complexity index is 1450. The molecule has 51 heavy (non-hydrogen) atoms. The minimum absolute atomic E-state index is 0.00874. The van der Waals surface area contributed by atoms with E-state index in [4.69, 9.17) is 21.1 Å². The highest BCUT2D eigenvalue weighted by Gasteiger charge is 2.54. The number of likely N-dealkylation sites (N-methyl/N-ethyl adjacent to an activating group) is 1. The number of hydrogen-bond acceptors (Lipinski definition) is 9. The van der Waals surface area contributed by atoms with Crippen LogP contribution in [0.15, 0.2) is 36.4 Å². The number of amides is 2. The van der Waals surface area contributed by atoms with E-state index in [1.165, 1.54) is 0 Å². The molecule has 284 valence electrons. The summed E-state index contributed by atoms with van der Waals surface area (Å²) < 4.78 is 78.3. The number of benzene rings is 2. The number of ketones is 2. The Kier molecular flexibility index (Phi) is 17.6. The van der Waals surface area contributed by atoms with Crippen molar-refractivity contribution in [2.45, 2.75) is 45.5 Å². The van der Waals surface area contributed by atoms with E-state index in [0.717, 1.165) is 37.2 Å². The quantitative estimate of drug-likeness (QED) is 0.0865. The number of nitrogens with zero attached hydrogens (tertiary/aromatic N) is 2. The van der Waals surface area contributed by atoms with Gasteiger partial charge < -0.3 is 35.0 Å². The van der Waals surface area contributed by atoms with Gasteiger partial charge in [0.25, 0.3) is 5.91 Å². The SMILES string of the molecule is CCN(CC)CCN(CCNCCc1ccc(O)c2c1OCC(=O)N2)C(=O)CCOCCc1cccc(Cl)c1.O=C(C(=O)C(F)(F)F)C(F)(F)F. The van der Waals surface area contributed by atoms with Crippen LogP contribution in [0.5, 0.6) is 11.5 Å². The van der Waals surface area contributed by atoms with Crippen molar-refractivity contribution >= 4 is 40.7 Å². The number of carbonyl (C=O) groups excluding carboxylic acids is 4. The van der Waals surface area contributed by atoms with Crippen LogP contribution < -0.4 is 15.4 Å². The van der Waals surface area contributed by atoms with Crippen LogP contribution in [0.2, 0.25) is 5.02 Å². The number of anilines is 1. The number of nitrogens with one attached hydrogen (secondary N) is 2.